The topological polar surface area (TPSA) is 49.8 Å². The molecular weight excluding hydrogens is 298 g/mol. The lowest BCUT2D eigenvalue weighted by Crippen LogP contribution is -2.44. The van der Waals surface area contributed by atoms with Gasteiger partial charge in [0, 0.05) is 28.8 Å². The fourth-order valence-corrected chi connectivity index (χ4v) is 2.46. The van der Waals surface area contributed by atoms with E-state index >= 15 is 0 Å². The van der Waals surface area contributed by atoms with E-state index in [1.165, 1.54) is 0 Å². The number of ether oxygens (including phenoxy) is 1. The Kier molecular flexibility index (Phi) is 4.37. The van der Waals surface area contributed by atoms with Gasteiger partial charge in [0.25, 0.3) is 0 Å². The van der Waals surface area contributed by atoms with Crippen molar-refractivity contribution in [1.82, 2.24) is 0 Å². The molecule has 1 atom stereocenters. The van der Waals surface area contributed by atoms with Gasteiger partial charge in [-0.2, -0.15) is 0 Å². The number of Topliss-reactive ketones (excluding diaryl/α,β-unsaturated/α-hetero) is 1. The van der Waals surface area contributed by atoms with Crippen LogP contribution in [-0.4, -0.2) is 43.3 Å². The molecule has 1 unspecified atom stereocenters. The zero-order valence-electron chi connectivity index (χ0n) is 10.2. The van der Waals surface area contributed by atoms with Crippen molar-refractivity contribution in [3.05, 3.63) is 28.2 Å². The number of aliphatic hydroxyl groups is 1. The largest absolute Gasteiger partial charge is 0.394 e. The van der Waals surface area contributed by atoms with E-state index in [1.54, 1.807) is 6.92 Å². The van der Waals surface area contributed by atoms with E-state index in [2.05, 4.69) is 20.8 Å². The SMILES string of the molecule is CC(=O)c1ccc(Br)cc1N1CCOC(CO)C1. The summed E-state index contributed by atoms with van der Waals surface area (Å²) >= 11 is 3.43. The van der Waals surface area contributed by atoms with Gasteiger partial charge in [-0.1, -0.05) is 15.9 Å². The average molecular weight is 314 g/mol. The van der Waals surface area contributed by atoms with Gasteiger partial charge in [0.15, 0.2) is 5.78 Å². The van der Waals surface area contributed by atoms with Crippen LogP contribution in [0.4, 0.5) is 5.69 Å². The Morgan fingerprint density at radius 1 is 1.61 bits per heavy atom. The van der Waals surface area contributed by atoms with Gasteiger partial charge in [-0.25, -0.2) is 0 Å². The maximum Gasteiger partial charge on any atom is 0.161 e. The molecule has 2 rings (SSSR count). The number of hydrogen-bond donors (Lipinski definition) is 1. The first kappa shape index (κ1) is 13.5. The first-order valence-electron chi connectivity index (χ1n) is 5.89. The number of nitrogens with zero attached hydrogens (tertiary/aromatic N) is 1. The minimum Gasteiger partial charge on any atom is -0.394 e. The van der Waals surface area contributed by atoms with Crippen molar-refractivity contribution >= 4 is 27.4 Å². The minimum absolute atomic E-state index is 0.0000913. The van der Waals surface area contributed by atoms with E-state index in [4.69, 9.17) is 9.84 Å². The standard InChI is InChI=1S/C13H16BrNO3/c1-9(17)12-3-2-10(14)6-13(12)15-4-5-18-11(7-15)8-16/h2-3,6,11,16H,4-5,7-8H2,1H3. The van der Waals surface area contributed by atoms with Gasteiger partial charge < -0.3 is 14.7 Å². The van der Waals surface area contributed by atoms with Gasteiger partial charge in [-0.05, 0) is 25.1 Å². The third-order valence-corrected chi connectivity index (χ3v) is 3.52. The number of carbonyl (C=O) groups excluding carboxylic acids is 1. The highest BCUT2D eigenvalue weighted by atomic mass is 79.9. The molecule has 0 aliphatic carbocycles. The summed E-state index contributed by atoms with van der Waals surface area (Å²) in [5.74, 6) is 0.0459. The van der Waals surface area contributed by atoms with E-state index in [1.807, 2.05) is 18.2 Å². The number of halogens is 1. The Balaban J connectivity index is 2.31. The van der Waals surface area contributed by atoms with Gasteiger partial charge >= 0.3 is 0 Å². The zero-order chi connectivity index (χ0) is 13.1. The third kappa shape index (κ3) is 2.91. The molecule has 1 saturated heterocycles. The Morgan fingerprint density at radius 3 is 3.06 bits per heavy atom. The highest BCUT2D eigenvalue weighted by Gasteiger charge is 2.22. The van der Waals surface area contributed by atoms with Crippen molar-refractivity contribution in [2.45, 2.75) is 13.0 Å². The quantitative estimate of drug-likeness (QED) is 0.865. The lowest BCUT2D eigenvalue weighted by molar-refractivity contribution is 0.00353. The first-order valence-corrected chi connectivity index (χ1v) is 6.69. The minimum atomic E-state index is -0.183. The molecule has 4 nitrogen and oxygen atoms in total. The number of morpholine rings is 1. The van der Waals surface area contributed by atoms with Crippen molar-refractivity contribution < 1.29 is 14.6 Å². The second kappa shape index (κ2) is 5.82. The maximum atomic E-state index is 11.6. The summed E-state index contributed by atoms with van der Waals surface area (Å²) in [6, 6.07) is 5.63. The summed E-state index contributed by atoms with van der Waals surface area (Å²) in [6.45, 7) is 3.46. The van der Waals surface area contributed by atoms with Crippen LogP contribution in [-0.2, 0) is 4.74 Å². The molecule has 1 fully saturated rings. The van der Waals surface area contributed by atoms with Crippen LogP contribution in [0, 0.1) is 0 Å². The van der Waals surface area contributed by atoms with Crippen LogP contribution >= 0.6 is 15.9 Å². The van der Waals surface area contributed by atoms with Gasteiger partial charge in [0.05, 0.1) is 19.3 Å². The van der Waals surface area contributed by atoms with Crippen molar-refractivity contribution in [1.29, 1.82) is 0 Å². The van der Waals surface area contributed by atoms with E-state index < -0.39 is 0 Å². The Labute approximate surface area is 115 Å². The van der Waals surface area contributed by atoms with Crippen LogP contribution < -0.4 is 4.90 Å². The Bertz CT molecular complexity index is 450. The van der Waals surface area contributed by atoms with Gasteiger partial charge in [-0.15, -0.1) is 0 Å². The Morgan fingerprint density at radius 2 is 2.39 bits per heavy atom. The second-order valence-corrected chi connectivity index (χ2v) is 5.25. The predicted molar refractivity (Wildman–Crippen MR) is 73.2 cm³/mol. The molecule has 1 aromatic rings. The average Bonchev–Trinajstić information content (AvgIpc) is 2.38. The van der Waals surface area contributed by atoms with E-state index in [-0.39, 0.29) is 18.5 Å². The number of anilines is 1. The highest BCUT2D eigenvalue weighted by molar-refractivity contribution is 9.10. The molecule has 0 radical (unpaired) electrons. The molecule has 1 heterocycles. The number of aliphatic hydroxyl groups excluding tert-OH is 1. The van der Waals surface area contributed by atoms with Crippen LogP contribution in [0.2, 0.25) is 0 Å². The molecule has 1 N–H and O–H groups in total. The second-order valence-electron chi connectivity index (χ2n) is 4.34. The van der Waals surface area contributed by atoms with Crippen molar-refractivity contribution in [2.24, 2.45) is 0 Å². The van der Waals surface area contributed by atoms with Gasteiger partial charge in [0.2, 0.25) is 0 Å². The van der Waals surface area contributed by atoms with E-state index in [9.17, 15) is 4.79 Å². The molecule has 0 saturated carbocycles. The third-order valence-electron chi connectivity index (χ3n) is 3.02. The molecule has 98 valence electrons. The molecule has 0 spiro atoms. The summed E-state index contributed by atoms with van der Waals surface area (Å²) in [5, 5.41) is 9.16. The molecule has 0 bridgehead atoms. The lowest BCUT2D eigenvalue weighted by atomic mass is 10.1. The van der Waals surface area contributed by atoms with Crippen LogP contribution in [0.5, 0.6) is 0 Å². The van der Waals surface area contributed by atoms with Crippen molar-refractivity contribution in [3.63, 3.8) is 0 Å². The summed E-state index contributed by atoms with van der Waals surface area (Å²) in [7, 11) is 0. The molecule has 1 aromatic carbocycles. The summed E-state index contributed by atoms with van der Waals surface area (Å²) < 4.78 is 6.36. The maximum absolute atomic E-state index is 11.6. The van der Waals surface area contributed by atoms with Gasteiger partial charge in [-0.3, -0.25) is 4.79 Å². The van der Waals surface area contributed by atoms with Gasteiger partial charge in [0.1, 0.15) is 0 Å². The zero-order valence-corrected chi connectivity index (χ0v) is 11.8. The van der Waals surface area contributed by atoms with Crippen LogP contribution in [0.1, 0.15) is 17.3 Å². The molecule has 0 aromatic heterocycles. The number of carbonyl (C=O) groups is 1. The van der Waals surface area contributed by atoms with Crippen LogP contribution in [0.25, 0.3) is 0 Å². The van der Waals surface area contributed by atoms with Crippen molar-refractivity contribution in [2.75, 3.05) is 31.2 Å². The molecule has 1 aliphatic rings. The molecule has 5 heteroatoms. The number of hydrogen-bond acceptors (Lipinski definition) is 4. The predicted octanol–water partition coefficient (Wildman–Crippen LogP) is 1.85. The smallest absolute Gasteiger partial charge is 0.161 e. The lowest BCUT2D eigenvalue weighted by Gasteiger charge is -2.34. The molecule has 18 heavy (non-hydrogen) atoms. The Hall–Kier alpha value is -0.910. The fourth-order valence-electron chi connectivity index (χ4n) is 2.11. The summed E-state index contributed by atoms with van der Waals surface area (Å²) in [4.78, 5) is 13.7. The molecular formula is C13H16BrNO3. The normalized spacial score (nSPS) is 19.9. The summed E-state index contributed by atoms with van der Waals surface area (Å²) in [6.07, 6.45) is -0.183. The monoisotopic (exact) mass is 313 g/mol. The summed E-state index contributed by atoms with van der Waals surface area (Å²) in [5.41, 5.74) is 1.61. The number of rotatable bonds is 3. The number of benzene rings is 1. The van der Waals surface area contributed by atoms with E-state index in [0.717, 1.165) is 16.7 Å². The first-order chi connectivity index (χ1) is 8.61. The highest BCUT2D eigenvalue weighted by Crippen LogP contribution is 2.27. The van der Waals surface area contributed by atoms with E-state index in [0.29, 0.717) is 18.7 Å². The fraction of sp³-hybridized carbons (Fsp3) is 0.462. The molecule has 1 aliphatic heterocycles. The van der Waals surface area contributed by atoms with Crippen LogP contribution in [0.3, 0.4) is 0 Å². The van der Waals surface area contributed by atoms with Crippen molar-refractivity contribution in [3.8, 4) is 0 Å². The number of ketones is 1. The molecule has 0 amide bonds. The van der Waals surface area contributed by atoms with Crippen LogP contribution in [0.15, 0.2) is 22.7 Å².